The van der Waals surface area contributed by atoms with Gasteiger partial charge in [0.2, 0.25) is 0 Å². The average molecular weight is 179 g/mol. The summed E-state index contributed by atoms with van der Waals surface area (Å²) < 4.78 is 0. The quantitative estimate of drug-likeness (QED) is 0.746. The van der Waals surface area contributed by atoms with E-state index >= 15 is 0 Å². The maximum atomic E-state index is 3.35. The van der Waals surface area contributed by atoms with Gasteiger partial charge in [0.25, 0.3) is 0 Å². The minimum Gasteiger partial charge on any atom is -0.309 e. The van der Waals surface area contributed by atoms with E-state index in [0.717, 1.165) is 18.8 Å². The predicted octanol–water partition coefficient (Wildman–Crippen LogP) is 2.15. The zero-order chi connectivity index (χ0) is 8.39. The van der Waals surface area contributed by atoms with E-state index in [1.54, 1.807) is 0 Å². The summed E-state index contributed by atoms with van der Waals surface area (Å²) in [7, 11) is 0. The van der Waals surface area contributed by atoms with Gasteiger partial charge in [0.1, 0.15) is 0 Å². The lowest BCUT2D eigenvalue weighted by atomic mass is 10.1. The molecule has 1 aliphatic rings. The van der Waals surface area contributed by atoms with Gasteiger partial charge in [-0.1, -0.05) is 18.2 Å². The topological polar surface area (TPSA) is 12.0 Å². The molecule has 0 saturated heterocycles. The van der Waals surface area contributed by atoms with Crippen LogP contribution >= 0.6 is 11.8 Å². The highest BCUT2D eigenvalue weighted by Crippen LogP contribution is 2.19. The summed E-state index contributed by atoms with van der Waals surface area (Å²) in [5.74, 6) is 1.13. The molecule has 0 aromatic heterocycles. The molecule has 1 aliphatic heterocycles. The first kappa shape index (κ1) is 8.14. The highest BCUT2D eigenvalue weighted by molar-refractivity contribution is 7.97. The number of fused-ring (bicyclic) bond motifs is 1. The van der Waals surface area contributed by atoms with Crippen LogP contribution in [0.25, 0.3) is 0 Å². The molecule has 0 radical (unpaired) electrons. The Morgan fingerprint density at radius 1 is 1.33 bits per heavy atom. The molecule has 0 aliphatic carbocycles. The molecular formula is C10H13NS. The van der Waals surface area contributed by atoms with Crippen LogP contribution in [0.4, 0.5) is 0 Å². The summed E-state index contributed by atoms with van der Waals surface area (Å²) in [6.45, 7) is 2.10. The van der Waals surface area contributed by atoms with Crippen LogP contribution < -0.4 is 5.32 Å². The van der Waals surface area contributed by atoms with Crippen LogP contribution in [0.5, 0.6) is 0 Å². The molecule has 1 heterocycles. The van der Waals surface area contributed by atoms with Crippen LogP contribution in [0.2, 0.25) is 0 Å². The molecule has 12 heavy (non-hydrogen) atoms. The van der Waals surface area contributed by atoms with Gasteiger partial charge in [0.05, 0.1) is 0 Å². The van der Waals surface area contributed by atoms with Gasteiger partial charge in [-0.05, 0) is 22.9 Å². The second-order valence-electron chi connectivity index (χ2n) is 3.14. The molecule has 0 saturated carbocycles. The van der Waals surface area contributed by atoms with Gasteiger partial charge in [-0.15, -0.1) is 0 Å². The fourth-order valence-electron chi connectivity index (χ4n) is 1.60. The number of hydrogen-bond acceptors (Lipinski definition) is 2. The van der Waals surface area contributed by atoms with Gasteiger partial charge in [-0.2, -0.15) is 11.8 Å². The molecule has 1 nitrogen and oxygen atoms in total. The molecule has 0 bridgehead atoms. The molecule has 64 valence electrons. The highest BCUT2D eigenvalue weighted by Gasteiger charge is 2.09. The van der Waals surface area contributed by atoms with Gasteiger partial charge in [-0.25, -0.2) is 0 Å². The van der Waals surface area contributed by atoms with Gasteiger partial charge in [-0.3, -0.25) is 0 Å². The number of rotatable bonds is 2. The smallest absolute Gasteiger partial charge is 0.0212 e. The SMILES string of the molecule is CSCc1ccc2c(c1)CNC2. The Labute approximate surface area is 77.6 Å². The largest absolute Gasteiger partial charge is 0.309 e. The third-order valence-corrected chi connectivity index (χ3v) is 2.83. The molecule has 1 N–H and O–H groups in total. The Bertz CT molecular complexity index is 283. The van der Waals surface area contributed by atoms with Crippen molar-refractivity contribution in [1.29, 1.82) is 0 Å². The lowest BCUT2D eigenvalue weighted by molar-refractivity contribution is 0.764. The fourth-order valence-corrected chi connectivity index (χ4v) is 2.12. The van der Waals surface area contributed by atoms with Crippen LogP contribution in [-0.4, -0.2) is 6.26 Å². The first-order chi connectivity index (χ1) is 5.90. The summed E-state index contributed by atoms with van der Waals surface area (Å²) in [6.07, 6.45) is 2.14. The molecule has 0 unspecified atom stereocenters. The first-order valence-corrected chi connectivity index (χ1v) is 5.60. The second kappa shape index (κ2) is 3.50. The van der Waals surface area contributed by atoms with E-state index in [9.17, 15) is 0 Å². The summed E-state index contributed by atoms with van der Waals surface area (Å²) in [4.78, 5) is 0. The van der Waals surface area contributed by atoms with Crippen molar-refractivity contribution in [3.63, 3.8) is 0 Å². The molecule has 1 aromatic rings. The van der Waals surface area contributed by atoms with Crippen LogP contribution in [0.1, 0.15) is 16.7 Å². The predicted molar refractivity (Wildman–Crippen MR) is 54.2 cm³/mol. The normalized spacial score (nSPS) is 14.8. The lowest BCUT2D eigenvalue weighted by Gasteiger charge is -2.01. The van der Waals surface area contributed by atoms with Crippen molar-refractivity contribution >= 4 is 11.8 Å². The zero-order valence-corrected chi connectivity index (χ0v) is 8.08. The lowest BCUT2D eigenvalue weighted by Crippen LogP contribution is -1.99. The third kappa shape index (κ3) is 1.50. The standard InChI is InChI=1S/C10H13NS/c1-12-7-8-2-3-9-5-11-6-10(9)4-8/h2-4,11H,5-7H2,1H3. The van der Waals surface area contributed by atoms with Crippen LogP contribution in [-0.2, 0) is 18.8 Å². The van der Waals surface area contributed by atoms with Gasteiger partial charge in [0.15, 0.2) is 0 Å². The van der Waals surface area contributed by atoms with Crippen LogP contribution in [0, 0.1) is 0 Å². The van der Waals surface area contributed by atoms with E-state index in [-0.39, 0.29) is 0 Å². The van der Waals surface area contributed by atoms with E-state index in [1.165, 1.54) is 16.7 Å². The summed E-state index contributed by atoms with van der Waals surface area (Å²) >= 11 is 1.88. The van der Waals surface area contributed by atoms with Crippen molar-refractivity contribution in [3.05, 3.63) is 34.9 Å². The Morgan fingerprint density at radius 3 is 3.00 bits per heavy atom. The van der Waals surface area contributed by atoms with Gasteiger partial charge < -0.3 is 5.32 Å². The van der Waals surface area contributed by atoms with Crippen molar-refractivity contribution in [2.75, 3.05) is 6.26 Å². The van der Waals surface area contributed by atoms with Crippen molar-refractivity contribution in [3.8, 4) is 0 Å². The maximum absolute atomic E-state index is 3.35. The third-order valence-electron chi connectivity index (χ3n) is 2.21. The fraction of sp³-hybridized carbons (Fsp3) is 0.400. The number of thioether (sulfide) groups is 1. The molecule has 2 heteroatoms. The number of benzene rings is 1. The highest BCUT2D eigenvalue weighted by atomic mass is 32.2. The maximum Gasteiger partial charge on any atom is 0.0212 e. The monoisotopic (exact) mass is 179 g/mol. The van der Waals surface area contributed by atoms with E-state index < -0.39 is 0 Å². The molecule has 0 spiro atoms. The number of hydrogen-bond donors (Lipinski definition) is 1. The molecule has 0 atom stereocenters. The van der Waals surface area contributed by atoms with E-state index in [0.29, 0.717) is 0 Å². The van der Waals surface area contributed by atoms with E-state index in [1.807, 2.05) is 11.8 Å². The van der Waals surface area contributed by atoms with Gasteiger partial charge in [0, 0.05) is 18.8 Å². The molecule has 0 fully saturated rings. The summed E-state index contributed by atoms with van der Waals surface area (Å²) in [6, 6.07) is 6.81. The van der Waals surface area contributed by atoms with E-state index in [2.05, 4.69) is 29.8 Å². The van der Waals surface area contributed by atoms with E-state index in [4.69, 9.17) is 0 Å². The Kier molecular flexibility index (Phi) is 2.38. The second-order valence-corrected chi connectivity index (χ2v) is 4.01. The number of nitrogens with one attached hydrogen (secondary N) is 1. The Hall–Kier alpha value is -0.470. The Balaban J connectivity index is 2.26. The van der Waals surface area contributed by atoms with Crippen molar-refractivity contribution in [1.82, 2.24) is 5.32 Å². The minimum absolute atomic E-state index is 1.05. The zero-order valence-electron chi connectivity index (χ0n) is 7.26. The first-order valence-electron chi connectivity index (χ1n) is 4.20. The average Bonchev–Trinajstić information content (AvgIpc) is 2.51. The molecule has 0 amide bonds. The van der Waals surface area contributed by atoms with Gasteiger partial charge >= 0.3 is 0 Å². The molecule has 2 rings (SSSR count). The summed E-state index contributed by atoms with van der Waals surface area (Å²) in [5.41, 5.74) is 4.41. The minimum atomic E-state index is 1.05. The molecule has 1 aromatic carbocycles. The Morgan fingerprint density at radius 2 is 2.17 bits per heavy atom. The summed E-state index contributed by atoms with van der Waals surface area (Å²) in [5, 5.41) is 3.35. The van der Waals surface area contributed by atoms with Crippen molar-refractivity contribution in [2.24, 2.45) is 0 Å². The van der Waals surface area contributed by atoms with Crippen molar-refractivity contribution < 1.29 is 0 Å². The van der Waals surface area contributed by atoms with Crippen LogP contribution in [0.3, 0.4) is 0 Å². The van der Waals surface area contributed by atoms with Crippen molar-refractivity contribution in [2.45, 2.75) is 18.8 Å². The van der Waals surface area contributed by atoms with Crippen LogP contribution in [0.15, 0.2) is 18.2 Å². The molecular weight excluding hydrogens is 166 g/mol.